The summed E-state index contributed by atoms with van der Waals surface area (Å²) < 4.78 is 7.73. The minimum atomic E-state index is -0.247. The van der Waals surface area contributed by atoms with Crippen LogP contribution in [0.25, 0.3) is 33.3 Å². The molecule has 0 bridgehead atoms. The minimum Gasteiger partial charge on any atom is -0.467 e. The van der Waals surface area contributed by atoms with Gasteiger partial charge >= 0.3 is 0 Å². The number of carbonyl (C=O) groups excluding carboxylic acids is 2. The molecule has 1 unspecified atom stereocenters. The van der Waals surface area contributed by atoms with Crippen molar-refractivity contribution in [2.24, 2.45) is 5.41 Å². The molecule has 0 saturated carbocycles. The van der Waals surface area contributed by atoms with Gasteiger partial charge in [-0.05, 0) is 91.5 Å². The Morgan fingerprint density at radius 1 is 0.953 bits per heavy atom. The molecule has 5 nitrogen and oxygen atoms in total. The summed E-state index contributed by atoms with van der Waals surface area (Å²) in [5.74, 6) is 0.335. The Morgan fingerprint density at radius 2 is 1.74 bits per heavy atom. The SMILES string of the molecule is CCC(C)c1ncccc1-c1c(CC(C)(C)COC=O)c2cc(-c3cccc(CCCCCCC=O)c3)ccc2n1CC. The molecule has 228 valence electrons. The van der Waals surface area contributed by atoms with E-state index in [9.17, 15) is 9.59 Å². The number of aryl methyl sites for hydroxylation is 2. The van der Waals surface area contributed by atoms with Crippen LogP contribution in [0.5, 0.6) is 0 Å². The van der Waals surface area contributed by atoms with Gasteiger partial charge in [0.05, 0.1) is 18.0 Å². The average molecular weight is 581 g/mol. The molecule has 2 aromatic heterocycles. The number of unbranched alkanes of at least 4 members (excludes halogenated alkanes) is 4. The third kappa shape index (κ3) is 7.81. The first kappa shape index (κ1) is 32.2. The highest BCUT2D eigenvalue weighted by atomic mass is 16.5. The summed E-state index contributed by atoms with van der Waals surface area (Å²) in [6.45, 7) is 12.8. The fourth-order valence-electron chi connectivity index (χ4n) is 6.23. The lowest BCUT2D eigenvalue weighted by atomic mass is 9.83. The summed E-state index contributed by atoms with van der Waals surface area (Å²) in [4.78, 5) is 26.6. The normalized spacial score (nSPS) is 12.4. The van der Waals surface area contributed by atoms with E-state index < -0.39 is 0 Å². The van der Waals surface area contributed by atoms with Crippen LogP contribution >= 0.6 is 0 Å². The second-order valence-corrected chi connectivity index (χ2v) is 12.6. The van der Waals surface area contributed by atoms with Gasteiger partial charge in [-0.2, -0.15) is 0 Å². The van der Waals surface area contributed by atoms with Crippen molar-refractivity contribution in [2.45, 2.75) is 98.4 Å². The molecule has 0 fully saturated rings. The Kier molecular flexibility index (Phi) is 11.3. The molecule has 0 aliphatic heterocycles. The molecule has 2 heterocycles. The number of aldehydes is 1. The summed E-state index contributed by atoms with van der Waals surface area (Å²) in [5.41, 5.74) is 9.57. The predicted molar refractivity (Wildman–Crippen MR) is 177 cm³/mol. The maximum absolute atomic E-state index is 11.1. The highest BCUT2D eigenvalue weighted by molar-refractivity contribution is 5.95. The van der Waals surface area contributed by atoms with Crippen LogP contribution in [0.1, 0.15) is 95.9 Å². The summed E-state index contributed by atoms with van der Waals surface area (Å²) in [6, 6.07) is 20.1. The number of fused-ring (bicyclic) bond motifs is 1. The first-order valence-corrected chi connectivity index (χ1v) is 16.0. The van der Waals surface area contributed by atoms with Crippen molar-refractivity contribution >= 4 is 23.7 Å². The molecule has 43 heavy (non-hydrogen) atoms. The van der Waals surface area contributed by atoms with Gasteiger partial charge in [0.1, 0.15) is 6.29 Å². The number of pyridine rings is 1. The molecule has 4 rings (SSSR count). The number of nitrogens with zero attached hydrogens (tertiary/aromatic N) is 2. The van der Waals surface area contributed by atoms with Crippen molar-refractivity contribution in [3.8, 4) is 22.4 Å². The van der Waals surface area contributed by atoms with Gasteiger partial charge in [-0.25, -0.2) is 0 Å². The van der Waals surface area contributed by atoms with Gasteiger partial charge in [-0.15, -0.1) is 0 Å². The summed E-state index contributed by atoms with van der Waals surface area (Å²) >= 11 is 0. The van der Waals surface area contributed by atoms with Crippen LogP contribution in [0.4, 0.5) is 0 Å². The fourth-order valence-corrected chi connectivity index (χ4v) is 6.23. The van der Waals surface area contributed by atoms with Gasteiger partial charge in [-0.3, -0.25) is 9.78 Å². The maximum Gasteiger partial charge on any atom is 0.293 e. The van der Waals surface area contributed by atoms with Gasteiger partial charge < -0.3 is 14.1 Å². The lowest BCUT2D eigenvalue weighted by Gasteiger charge is -2.25. The zero-order chi connectivity index (χ0) is 30.8. The Balaban J connectivity index is 1.81. The number of hydrogen-bond acceptors (Lipinski definition) is 4. The fraction of sp³-hybridized carbons (Fsp3) is 0.447. The molecule has 0 spiro atoms. The Hall–Kier alpha value is -3.73. The second kappa shape index (κ2) is 15.1. The number of rotatable bonds is 17. The number of carbonyl (C=O) groups is 2. The van der Waals surface area contributed by atoms with Crippen LogP contribution in [-0.4, -0.2) is 28.9 Å². The van der Waals surface area contributed by atoms with E-state index in [4.69, 9.17) is 9.72 Å². The maximum atomic E-state index is 11.1. The van der Waals surface area contributed by atoms with E-state index in [1.165, 1.54) is 44.4 Å². The van der Waals surface area contributed by atoms with Crippen LogP contribution in [0, 0.1) is 5.41 Å². The van der Waals surface area contributed by atoms with Crippen molar-refractivity contribution in [2.75, 3.05) is 6.61 Å². The van der Waals surface area contributed by atoms with E-state index >= 15 is 0 Å². The largest absolute Gasteiger partial charge is 0.467 e. The first-order chi connectivity index (χ1) is 20.8. The third-order valence-electron chi connectivity index (χ3n) is 8.65. The van der Waals surface area contributed by atoms with E-state index in [0.717, 1.165) is 63.5 Å². The zero-order valence-corrected chi connectivity index (χ0v) is 26.7. The van der Waals surface area contributed by atoms with Gasteiger partial charge in [0.15, 0.2) is 0 Å². The van der Waals surface area contributed by atoms with Gasteiger partial charge in [0, 0.05) is 41.0 Å². The van der Waals surface area contributed by atoms with E-state index in [1.54, 1.807) is 0 Å². The van der Waals surface area contributed by atoms with Crippen LogP contribution in [0.15, 0.2) is 60.8 Å². The second-order valence-electron chi connectivity index (χ2n) is 12.6. The van der Waals surface area contributed by atoms with E-state index in [0.29, 0.717) is 25.4 Å². The molecule has 2 aromatic carbocycles. The van der Waals surface area contributed by atoms with Crippen molar-refractivity contribution in [1.82, 2.24) is 9.55 Å². The van der Waals surface area contributed by atoms with Crippen LogP contribution in [0.3, 0.4) is 0 Å². The average Bonchev–Trinajstić information content (AvgIpc) is 3.33. The van der Waals surface area contributed by atoms with Crippen LogP contribution < -0.4 is 0 Å². The van der Waals surface area contributed by atoms with Crippen molar-refractivity contribution in [3.05, 3.63) is 77.6 Å². The highest BCUT2D eigenvalue weighted by Crippen LogP contribution is 2.42. The molecular weight excluding hydrogens is 532 g/mol. The standard InChI is InChI=1S/C38H48N2O3/c1-6-28(3)36-32(18-14-21-39-36)37-34(25-38(4,5)26-43-27-42)33-24-31(19-20-35(33)40(37)7-2)30-17-13-16-29(23-30)15-11-9-8-10-12-22-41/h13-14,16-24,27-28H,6-12,15,25-26H2,1-5H3. The molecular formula is C38H48N2O3. The van der Waals surface area contributed by atoms with Gasteiger partial charge in [-0.1, -0.05) is 70.9 Å². The molecule has 0 amide bonds. The van der Waals surface area contributed by atoms with Crippen molar-refractivity contribution in [1.29, 1.82) is 0 Å². The quantitative estimate of drug-likeness (QED) is 0.0922. The topological polar surface area (TPSA) is 61.2 Å². The molecule has 0 N–H and O–H groups in total. The summed E-state index contributed by atoms with van der Waals surface area (Å²) in [6.07, 6.45) is 10.8. The highest BCUT2D eigenvalue weighted by Gasteiger charge is 2.28. The summed E-state index contributed by atoms with van der Waals surface area (Å²) in [7, 11) is 0. The lowest BCUT2D eigenvalue weighted by molar-refractivity contribution is -0.131. The molecule has 0 aliphatic carbocycles. The number of aromatic nitrogens is 2. The Labute approximate surface area is 257 Å². The van der Waals surface area contributed by atoms with Gasteiger partial charge in [0.2, 0.25) is 0 Å². The lowest BCUT2D eigenvalue weighted by Crippen LogP contribution is -2.22. The number of benzene rings is 2. The third-order valence-corrected chi connectivity index (χ3v) is 8.65. The monoisotopic (exact) mass is 580 g/mol. The molecule has 4 aromatic rings. The van der Waals surface area contributed by atoms with Crippen LogP contribution in [-0.2, 0) is 33.7 Å². The molecule has 0 aliphatic rings. The molecule has 0 saturated heterocycles. The zero-order valence-electron chi connectivity index (χ0n) is 26.7. The van der Waals surface area contributed by atoms with Gasteiger partial charge in [0.25, 0.3) is 6.47 Å². The Morgan fingerprint density at radius 3 is 2.49 bits per heavy atom. The molecule has 5 heteroatoms. The molecule has 0 radical (unpaired) electrons. The predicted octanol–water partition coefficient (Wildman–Crippen LogP) is 9.34. The smallest absolute Gasteiger partial charge is 0.293 e. The van der Waals surface area contributed by atoms with Crippen LogP contribution in [0.2, 0.25) is 0 Å². The van der Waals surface area contributed by atoms with Crippen molar-refractivity contribution in [3.63, 3.8) is 0 Å². The van der Waals surface area contributed by atoms with E-state index in [2.05, 4.69) is 87.7 Å². The summed E-state index contributed by atoms with van der Waals surface area (Å²) in [5, 5.41) is 1.24. The van der Waals surface area contributed by atoms with E-state index in [1.807, 2.05) is 12.3 Å². The number of ether oxygens (including phenoxy) is 1. The van der Waals surface area contributed by atoms with E-state index in [-0.39, 0.29) is 5.41 Å². The minimum absolute atomic E-state index is 0.247. The Bertz CT molecular complexity index is 1520. The first-order valence-electron chi connectivity index (χ1n) is 16.0. The number of hydrogen-bond donors (Lipinski definition) is 0. The molecule has 1 atom stereocenters. The van der Waals surface area contributed by atoms with Crippen molar-refractivity contribution < 1.29 is 14.3 Å².